The van der Waals surface area contributed by atoms with Gasteiger partial charge in [-0.1, -0.05) is 24.3 Å². The SMILES string of the molecule is CN=C(NCc1ccc(O)c(F)c1)NCC1Cc2ccccc2O1.I. The Hall–Kier alpha value is -2.03. The van der Waals surface area contributed by atoms with Crippen molar-refractivity contribution in [3.05, 3.63) is 59.4 Å². The van der Waals surface area contributed by atoms with Crippen LogP contribution in [-0.4, -0.2) is 30.8 Å². The molecule has 3 rings (SSSR count). The smallest absolute Gasteiger partial charge is 0.191 e. The van der Waals surface area contributed by atoms with Crippen molar-refractivity contribution in [1.29, 1.82) is 0 Å². The summed E-state index contributed by atoms with van der Waals surface area (Å²) in [5, 5.41) is 15.5. The number of nitrogens with one attached hydrogen (secondary N) is 2. The Morgan fingerprint density at radius 3 is 2.80 bits per heavy atom. The first kappa shape index (κ1) is 19.3. The van der Waals surface area contributed by atoms with Crippen LogP contribution in [0.25, 0.3) is 0 Å². The van der Waals surface area contributed by atoms with Crippen molar-refractivity contribution in [2.75, 3.05) is 13.6 Å². The lowest BCUT2D eigenvalue weighted by atomic mass is 10.1. The highest BCUT2D eigenvalue weighted by Gasteiger charge is 2.22. The summed E-state index contributed by atoms with van der Waals surface area (Å²) in [4.78, 5) is 4.15. The van der Waals surface area contributed by atoms with E-state index in [4.69, 9.17) is 4.74 Å². The molecule has 134 valence electrons. The summed E-state index contributed by atoms with van der Waals surface area (Å²) in [6, 6.07) is 12.3. The van der Waals surface area contributed by atoms with Crippen molar-refractivity contribution >= 4 is 29.9 Å². The van der Waals surface area contributed by atoms with Crippen LogP contribution in [0.5, 0.6) is 11.5 Å². The third-order valence-electron chi connectivity index (χ3n) is 3.91. The van der Waals surface area contributed by atoms with Crippen LogP contribution in [0, 0.1) is 5.82 Å². The van der Waals surface area contributed by atoms with E-state index in [1.807, 2.05) is 18.2 Å². The standard InChI is InChI=1S/C18H20FN3O2.HI/c1-20-18(21-10-12-6-7-16(23)15(19)8-12)22-11-14-9-13-4-2-3-5-17(13)24-14;/h2-8,14,23H,9-11H2,1H3,(H2,20,21,22);1H. The first-order chi connectivity index (χ1) is 11.7. The summed E-state index contributed by atoms with van der Waals surface area (Å²) in [6.45, 7) is 1.03. The lowest BCUT2D eigenvalue weighted by Gasteiger charge is -2.15. The van der Waals surface area contributed by atoms with Gasteiger partial charge in [-0.15, -0.1) is 24.0 Å². The molecule has 0 radical (unpaired) electrons. The van der Waals surface area contributed by atoms with Crippen molar-refractivity contribution in [1.82, 2.24) is 10.6 Å². The van der Waals surface area contributed by atoms with E-state index in [2.05, 4.69) is 21.7 Å². The predicted molar refractivity (Wildman–Crippen MR) is 106 cm³/mol. The zero-order chi connectivity index (χ0) is 16.9. The number of benzene rings is 2. The van der Waals surface area contributed by atoms with Crippen LogP contribution in [-0.2, 0) is 13.0 Å². The Kier molecular flexibility index (Phi) is 6.86. The molecule has 25 heavy (non-hydrogen) atoms. The number of halogens is 2. The largest absolute Gasteiger partial charge is 0.505 e. The number of aromatic hydroxyl groups is 1. The topological polar surface area (TPSA) is 65.9 Å². The van der Waals surface area contributed by atoms with Crippen LogP contribution in [0.15, 0.2) is 47.5 Å². The lowest BCUT2D eigenvalue weighted by Crippen LogP contribution is -2.41. The van der Waals surface area contributed by atoms with Crippen molar-refractivity contribution in [3.63, 3.8) is 0 Å². The van der Waals surface area contributed by atoms with Gasteiger partial charge in [0.1, 0.15) is 11.9 Å². The van der Waals surface area contributed by atoms with Gasteiger partial charge in [0, 0.05) is 20.0 Å². The molecule has 0 aliphatic carbocycles. The molecule has 1 aliphatic rings. The lowest BCUT2D eigenvalue weighted by molar-refractivity contribution is 0.235. The molecule has 2 aromatic carbocycles. The van der Waals surface area contributed by atoms with Gasteiger partial charge in [0.15, 0.2) is 17.5 Å². The zero-order valence-corrected chi connectivity index (χ0v) is 16.2. The normalized spacial score (nSPS) is 15.8. The summed E-state index contributed by atoms with van der Waals surface area (Å²) in [6.07, 6.45) is 0.927. The minimum atomic E-state index is -0.630. The van der Waals surface area contributed by atoms with Gasteiger partial charge in [0.25, 0.3) is 0 Å². The Morgan fingerprint density at radius 2 is 2.08 bits per heavy atom. The second kappa shape index (κ2) is 8.89. The van der Waals surface area contributed by atoms with E-state index < -0.39 is 5.82 Å². The summed E-state index contributed by atoms with van der Waals surface area (Å²) < 4.78 is 19.2. The molecule has 1 atom stereocenters. The number of hydrogen-bond donors (Lipinski definition) is 3. The molecule has 2 aromatic rings. The van der Waals surface area contributed by atoms with Crippen molar-refractivity contribution in [2.24, 2.45) is 4.99 Å². The Morgan fingerprint density at radius 1 is 1.28 bits per heavy atom. The van der Waals surface area contributed by atoms with Crippen LogP contribution in [0.3, 0.4) is 0 Å². The van der Waals surface area contributed by atoms with Gasteiger partial charge in [-0.05, 0) is 29.3 Å². The highest BCUT2D eigenvalue weighted by Crippen LogP contribution is 2.27. The monoisotopic (exact) mass is 457 g/mol. The van der Waals surface area contributed by atoms with Gasteiger partial charge in [-0.25, -0.2) is 4.39 Å². The summed E-state index contributed by atoms with van der Waals surface area (Å²) in [5.41, 5.74) is 1.93. The number of hydrogen-bond acceptors (Lipinski definition) is 3. The van der Waals surface area contributed by atoms with Crippen LogP contribution in [0.1, 0.15) is 11.1 Å². The van der Waals surface area contributed by atoms with E-state index in [1.54, 1.807) is 13.1 Å². The van der Waals surface area contributed by atoms with Crippen LogP contribution in [0.4, 0.5) is 4.39 Å². The molecule has 0 bridgehead atoms. The van der Waals surface area contributed by atoms with Crippen LogP contribution < -0.4 is 15.4 Å². The average Bonchev–Trinajstić information content (AvgIpc) is 3.01. The minimum Gasteiger partial charge on any atom is -0.505 e. The molecule has 0 saturated carbocycles. The summed E-state index contributed by atoms with van der Waals surface area (Å²) in [5.74, 6) is 0.573. The van der Waals surface area contributed by atoms with E-state index in [9.17, 15) is 9.50 Å². The highest BCUT2D eigenvalue weighted by atomic mass is 127. The zero-order valence-electron chi connectivity index (χ0n) is 13.8. The number of nitrogens with zero attached hydrogens (tertiary/aromatic N) is 1. The van der Waals surface area contributed by atoms with E-state index >= 15 is 0 Å². The molecule has 7 heteroatoms. The molecule has 5 nitrogen and oxygen atoms in total. The van der Waals surface area contributed by atoms with Crippen molar-refractivity contribution in [2.45, 2.75) is 19.1 Å². The van der Waals surface area contributed by atoms with Gasteiger partial charge in [-0.2, -0.15) is 0 Å². The molecule has 1 heterocycles. The molecule has 0 fully saturated rings. The van der Waals surface area contributed by atoms with Gasteiger partial charge in [0.2, 0.25) is 0 Å². The summed E-state index contributed by atoms with van der Waals surface area (Å²) in [7, 11) is 1.68. The molecule has 0 aromatic heterocycles. The maximum Gasteiger partial charge on any atom is 0.191 e. The molecule has 0 amide bonds. The van der Waals surface area contributed by atoms with E-state index in [-0.39, 0.29) is 35.8 Å². The third-order valence-corrected chi connectivity index (χ3v) is 3.91. The van der Waals surface area contributed by atoms with Crippen LogP contribution in [0.2, 0.25) is 0 Å². The third kappa shape index (κ3) is 4.97. The number of ether oxygens (including phenoxy) is 1. The fourth-order valence-corrected chi connectivity index (χ4v) is 2.65. The number of phenolic OH excluding ortho intramolecular Hbond substituents is 1. The van der Waals surface area contributed by atoms with E-state index in [0.29, 0.717) is 19.0 Å². The number of para-hydroxylation sites is 1. The fourth-order valence-electron chi connectivity index (χ4n) is 2.65. The molecule has 0 spiro atoms. The van der Waals surface area contributed by atoms with Gasteiger partial charge < -0.3 is 20.5 Å². The Balaban J connectivity index is 0.00000225. The van der Waals surface area contributed by atoms with Gasteiger partial charge >= 0.3 is 0 Å². The molecule has 0 saturated heterocycles. The highest BCUT2D eigenvalue weighted by molar-refractivity contribution is 14.0. The van der Waals surface area contributed by atoms with E-state index in [0.717, 1.165) is 17.7 Å². The maximum absolute atomic E-state index is 13.3. The van der Waals surface area contributed by atoms with Crippen molar-refractivity contribution < 1.29 is 14.2 Å². The second-order valence-electron chi connectivity index (χ2n) is 5.64. The number of guanidine groups is 1. The van der Waals surface area contributed by atoms with Crippen molar-refractivity contribution in [3.8, 4) is 11.5 Å². The van der Waals surface area contributed by atoms with E-state index in [1.165, 1.54) is 17.7 Å². The van der Waals surface area contributed by atoms with Gasteiger partial charge in [-0.3, -0.25) is 4.99 Å². The number of rotatable bonds is 4. The Bertz CT molecular complexity index is 730. The molecule has 3 N–H and O–H groups in total. The maximum atomic E-state index is 13.3. The number of fused-ring (bicyclic) bond motifs is 1. The second-order valence-corrected chi connectivity index (χ2v) is 5.64. The fraction of sp³-hybridized carbons (Fsp3) is 0.278. The quantitative estimate of drug-likeness (QED) is 0.376. The molecular formula is C18H21FIN3O2. The number of aliphatic imine (C=N–C) groups is 1. The average molecular weight is 457 g/mol. The first-order valence-electron chi connectivity index (χ1n) is 7.82. The van der Waals surface area contributed by atoms with Crippen LogP contribution >= 0.6 is 24.0 Å². The predicted octanol–water partition coefficient (Wildman–Crippen LogP) is 2.82. The molecule has 1 unspecified atom stereocenters. The number of phenols is 1. The Labute approximate surface area is 163 Å². The molecular weight excluding hydrogens is 436 g/mol. The first-order valence-corrected chi connectivity index (χ1v) is 7.82. The molecule has 1 aliphatic heterocycles. The minimum absolute atomic E-state index is 0. The summed E-state index contributed by atoms with van der Waals surface area (Å²) >= 11 is 0. The van der Waals surface area contributed by atoms with Gasteiger partial charge in [0.05, 0.1) is 6.54 Å².